The van der Waals surface area contributed by atoms with Gasteiger partial charge in [-0.25, -0.2) is 0 Å². The van der Waals surface area contributed by atoms with Crippen LogP contribution in [0.5, 0.6) is 5.75 Å². The molecule has 0 aliphatic carbocycles. The molecule has 0 fully saturated rings. The molecular formula is C13H21N3O2. The molecule has 1 rings (SSSR count). The van der Waals surface area contributed by atoms with E-state index in [1.807, 2.05) is 20.8 Å². The summed E-state index contributed by atoms with van der Waals surface area (Å²) >= 11 is 0. The largest absolute Gasteiger partial charge is 0.506 e. The van der Waals surface area contributed by atoms with E-state index in [-0.39, 0.29) is 23.7 Å². The van der Waals surface area contributed by atoms with Gasteiger partial charge in [-0.15, -0.1) is 0 Å². The second-order valence-electron chi connectivity index (χ2n) is 4.68. The van der Waals surface area contributed by atoms with E-state index in [9.17, 15) is 9.90 Å². The van der Waals surface area contributed by atoms with Crippen LogP contribution in [0.1, 0.15) is 32.2 Å². The molecule has 1 heterocycles. The Hall–Kier alpha value is -1.62. The minimum absolute atomic E-state index is 0.0582. The highest BCUT2D eigenvalue weighted by molar-refractivity contribution is 5.81. The lowest BCUT2D eigenvalue weighted by Gasteiger charge is -2.16. The van der Waals surface area contributed by atoms with E-state index >= 15 is 0 Å². The minimum atomic E-state index is -0.325. The lowest BCUT2D eigenvalue weighted by molar-refractivity contribution is -0.123. The predicted octanol–water partition coefficient (Wildman–Crippen LogP) is 1.10. The quantitative estimate of drug-likeness (QED) is 0.732. The molecule has 0 spiro atoms. The first kappa shape index (κ1) is 14.4. The van der Waals surface area contributed by atoms with Crippen molar-refractivity contribution in [2.45, 2.75) is 46.3 Å². The summed E-state index contributed by atoms with van der Waals surface area (Å²) in [6.07, 6.45) is 0. The van der Waals surface area contributed by atoms with Crippen molar-refractivity contribution in [3.8, 4) is 5.75 Å². The first-order chi connectivity index (χ1) is 8.40. The average Bonchev–Trinajstić information content (AvgIpc) is 2.29. The summed E-state index contributed by atoms with van der Waals surface area (Å²) in [5.74, 6) is 0.0849. The van der Waals surface area contributed by atoms with Crippen LogP contribution in [-0.2, 0) is 11.3 Å². The molecule has 1 amide bonds. The maximum atomic E-state index is 11.7. The second-order valence-corrected chi connectivity index (χ2v) is 4.68. The van der Waals surface area contributed by atoms with Gasteiger partial charge in [-0.05, 0) is 39.8 Å². The van der Waals surface area contributed by atoms with Crippen LogP contribution in [-0.4, -0.2) is 28.1 Å². The van der Waals surface area contributed by atoms with E-state index in [1.165, 1.54) is 0 Å². The summed E-state index contributed by atoms with van der Waals surface area (Å²) in [6.45, 7) is 7.83. The van der Waals surface area contributed by atoms with Crippen molar-refractivity contribution in [2.75, 3.05) is 0 Å². The van der Waals surface area contributed by atoms with Gasteiger partial charge < -0.3 is 15.7 Å². The third-order valence-electron chi connectivity index (χ3n) is 2.49. The SMILES string of the molecule is Cc1ccc(O)c(CNC(C)C(=O)NC(C)C)n1. The van der Waals surface area contributed by atoms with Crippen LogP contribution in [0.25, 0.3) is 0 Å². The van der Waals surface area contributed by atoms with Crippen molar-refractivity contribution in [1.29, 1.82) is 0 Å². The molecule has 100 valence electrons. The number of rotatable bonds is 5. The van der Waals surface area contributed by atoms with Crippen molar-refractivity contribution in [2.24, 2.45) is 0 Å². The number of aromatic nitrogens is 1. The van der Waals surface area contributed by atoms with Gasteiger partial charge in [0, 0.05) is 18.3 Å². The number of hydrogen-bond acceptors (Lipinski definition) is 4. The standard InChI is InChI=1S/C13H21N3O2/c1-8(2)15-13(18)10(4)14-7-11-12(17)6-5-9(3)16-11/h5-6,8,10,14,17H,7H2,1-4H3,(H,15,18). The summed E-state index contributed by atoms with van der Waals surface area (Å²) in [5.41, 5.74) is 1.39. The van der Waals surface area contributed by atoms with Gasteiger partial charge in [0.25, 0.3) is 0 Å². The monoisotopic (exact) mass is 251 g/mol. The number of nitrogens with zero attached hydrogens (tertiary/aromatic N) is 1. The molecule has 0 saturated heterocycles. The van der Waals surface area contributed by atoms with Gasteiger partial charge in [-0.2, -0.15) is 0 Å². The van der Waals surface area contributed by atoms with Gasteiger partial charge in [0.1, 0.15) is 5.75 Å². The number of pyridine rings is 1. The van der Waals surface area contributed by atoms with Crippen molar-refractivity contribution >= 4 is 5.91 Å². The van der Waals surface area contributed by atoms with E-state index in [0.717, 1.165) is 5.69 Å². The Balaban J connectivity index is 2.54. The summed E-state index contributed by atoms with van der Waals surface area (Å²) in [5, 5.41) is 15.5. The molecule has 3 N–H and O–H groups in total. The molecule has 5 heteroatoms. The molecule has 18 heavy (non-hydrogen) atoms. The van der Waals surface area contributed by atoms with Crippen LogP contribution in [0.15, 0.2) is 12.1 Å². The summed E-state index contributed by atoms with van der Waals surface area (Å²) in [6, 6.07) is 3.15. The van der Waals surface area contributed by atoms with E-state index in [4.69, 9.17) is 0 Å². The number of carbonyl (C=O) groups is 1. The van der Waals surface area contributed by atoms with Crippen molar-refractivity contribution < 1.29 is 9.90 Å². The van der Waals surface area contributed by atoms with Gasteiger partial charge in [0.05, 0.1) is 11.7 Å². The molecule has 0 aromatic carbocycles. The van der Waals surface area contributed by atoms with Crippen LogP contribution < -0.4 is 10.6 Å². The normalized spacial score (nSPS) is 12.5. The molecule has 0 aliphatic heterocycles. The predicted molar refractivity (Wildman–Crippen MR) is 70.2 cm³/mol. The van der Waals surface area contributed by atoms with E-state index in [1.54, 1.807) is 19.1 Å². The molecule has 0 radical (unpaired) electrons. The molecule has 1 atom stereocenters. The second kappa shape index (κ2) is 6.35. The Bertz CT molecular complexity index is 419. The maximum Gasteiger partial charge on any atom is 0.237 e. The van der Waals surface area contributed by atoms with Crippen LogP contribution in [0.3, 0.4) is 0 Å². The zero-order valence-corrected chi connectivity index (χ0v) is 11.3. The Labute approximate surface area is 108 Å². The van der Waals surface area contributed by atoms with E-state index in [2.05, 4.69) is 15.6 Å². The zero-order valence-electron chi connectivity index (χ0n) is 11.3. The highest BCUT2D eigenvalue weighted by Gasteiger charge is 2.14. The molecule has 1 aromatic heterocycles. The van der Waals surface area contributed by atoms with Gasteiger partial charge in [0.15, 0.2) is 0 Å². The number of nitrogens with one attached hydrogen (secondary N) is 2. The van der Waals surface area contributed by atoms with Crippen LogP contribution in [0, 0.1) is 6.92 Å². The smallest absolute Gasteiger partial charge is 0.237 e. The fourth-order valence-corrected chi connectivity index (χ4v) is 1.49. The summed E-state index contributed by atoms with van der Waals surface area (Å²) in [4.78, 5) is 15.9. The van der Waals surface area contributed by atoms with Crippen LogP contribution in [0.2, 0.25) is 0 Å². The highest BCUT2D eigenvalue weighted by atomic mass is 16.3. The lowest BCUT2D eigenvalue weighted by atomic mass is 10.2. The Morgan fingerprint density at radius 1 is 1.39 bits per heavy atom. The van der Waals surface area contributed by atoms with Crippen molar-refractivity contribution in [3.05, 3.63) is 23.5 Å². The maximum absolute atomic E-state index is 11.7. The minimum Gasteiger partial charge on any atom is -0.506 e. The Kier molecular flexibility index (Phi) is 5.09. The lowest BCUT2D eigenvalue weighted by Crippen LogP contribution is -2.44. The first-order valence-electron chi connectivity index (χ1n) is 6.09. The van der Waals surface area contributed by atoms with Crippen LogP contribution >= 0.6 is 0 Å². The van der Waals surface area contributed by atoms with Crippen molar-refractivity contribution in [1.82, 2.24) is 15.6 Å². The Morgan fingerprint density at radius 2 is 2.06 bits per heavy atom. The third-order valence-corrected chi connectivity index (χ3v) is 2.49. The number of amides is 1. The van der Waals surface area contributed by atoms with Gasteiger partial charge in [-0.1, -0.05) is 0 Å². The first-order valence-corrected chi connectivity index (χ1v) is 6.09. The molecule has 1 unspecified atom stereocenters. The fraction of sp³-hybridized carbons (Fsp3) is 0.538. The molecule has 0 saturated carbocycles. The Morgan fingerprint density at radius 3 is 2.67 bits per heavy atom. The summed E-state index contributed by atoms with van der Waals surface area (Å²) < 4.78 is 0. The summed E-state index contributed by atoms with van der Waals surface area (Å²) in [7, 11) is 0. The highest BCUT2D eigenvalue weighted by Crippen LogP contribution is 2.14. The van der Waals surface area contributed by atoms with Gasteiger partial charge >= 0.3 is 0 Å². The van der Waals surface area contributed by atoms with Gasteiger partial charge in [-0.3, -0.25) is 9.78 Å². The molecule has 5 nitrogen and oxygen atoms in total. The van der Waals surface area contributed by atoms with E-state index < -0.39 is 0 Å². The molecule has 0 aliphatic rings. The molecular weight excluding hydrogens is 230 g/mol. The topological polar surface area (TPSA) is 74.2 Å². The zero-order chi connectivity index (χ0) is 13.7. The number of hydrogen-bond donors (Lipinski definition) is 3. The number of aromatic hydroxyl groups is 1. The number of aryl methyl sites for hydroxylation is 1. The molecule has 0 bridgehead atoms. The van der Waals surface area contributed by atoms with Crippen molar-refractivity contribution in [3.63, 3.8) is 0 Å². The van der Waals surface area contributed by atoms with E-state index in [0.29, 0.717) is 12.2 Å². The fourth-order valence-electron chi connectivity index (χ4n) is 1.49. The molecule has 1 aromatic rings. The third kappa shape index (κ3) is 4.33. The number of carbonyl (C=O) groups excluding carboxylic acids is 1. The average molecular weight is 251 g/mol. The van der Waals surface area contributed by atoms with Gasteiger partial charge in [0.2, 0.25) is 5.91 Å². The van der Waals surface area contributed by atoms with Crippen LogP contribution in [0.4, 0.5) is 0 Å².